The summed E-state index contributed by atoms with van der Waals surface area (Å²) in [4.78, 5) is 12.8. The van der Waals surface area contributed by atoms with Gasteiger partial charge in [0.25, 0.3) is 5.91 Å². The van der Waals surface area contributed by atoms with Gasteiger partial charge in [0, 0.05) is 19.4 Å². The maximum absolute atomic E-state index is 12.8. The number of rotatable bonds is 8. The van der Waals surface area contributed by atoms with Crippen molar-refractivity contribution in [2.45, 2.75) is 51.0 Å². The van der Waals surface area contributed by atoms with E-state index in [1.165, 1.54) is 12.8 Å². The van der Waals surface area contributed by atoms with Crippen LogP contribution >= 0.6 is 0 Å². The number of anilines is 1. The topological polar surface area (TPSA) is 56.8 Å². The minimum atomic E-state index is -0.682. The first-order chi connectivity index (χ1) is 11.7. The Balaban J connectivity index is 1.98. The third kappa shape index (κ3) is 5.21. The van der Waals surface area contributed by atoms with Crippen molar-refractivity contribution in [3.05, 3.63) is 24.3 Å². The quantitative estimate of drug-likeness (QED) is 0.580. The molecule has 0 heterocycles. The van der Waals surface area contributed by atoms with Crippen molar-refractivity contribution in [2.75, 3.05) is 32.2 Å². The van der Waals surface area contributed by atoms with Gasteiger partial charge in [0.05, 0.1) is 6.61 Å². The smallest absolute Gasteiger partial charge is 0.256 e. The molecule has 0 radical (unpaired) electrons. The van der Waals surface area contributed by atoms with Crippen molar-refractivity contribution >= 4 is 11.6 Å². The second-order valence-corrected chi connectivity index (χ2v) is 6.16. The third-order valence-electron chi connectivity index (χ3n) is 4.41. The highest BCUT2D eigenvalue weighted by Crippen LogP contribution is 2.32. The van der Waals surface area contributed by atoms with Gasteiger partial charge in [-0.25, -0.2) is 0 Å². The maximum Gasteiger partial charge on any atom is 0.256 e. The molecule has 0 aromatic heterocycles. The number of amides is 1. The number of carbonyl (C=O) groups excluding carboxylic acids is 1. The van der Waals surface area contributed by atoms with E-state index in [1.807, 2.05) is 31.2 Å². The molecule has 5 heteroatoms. The number of ether oxygens (including phenoxy) is 3. The van der Waals surface area contributed by atoms with Crippen LogP contribution in [0.2, 0.25) is 0 Å². The maximum atomic E-state index is 12.8. The van der Waals surface area contributed by atoms with E-state index < -0.39 is 5.60 Å². The second kappa shape index (κ2) is 9.64. The largest absolute Gasteiger partial charge is 0.491 e. The van der Waals surface area contributed by atoms with E-state index in [0.29, 0.717) is 19.8 Å². The molecule has 1 fully saturated rings. The molecule has 1 saturated carbocycles. The molecule has 0 aliphatic heterocycles. The fourth-order valence-electron chi connectivity index (χ4n) is 3.14. The highest BCUT2D eigenvalue weighted by atomic mass is 16.5. The number of carbonyl (C=O) groups is 1. The zero-order valence-corrected chi connectivity index (χ0v) is 14.8. The molecule has 0 saturated heterocycles. The van der Waals surface area contributed by atoms with Gasteiger partial charge in [-0.2, -0.15) is 0 Å². The summed E-state index contributed by atoms with van der Waals surface area (Å²) < 4.78 is 16.4. The molecule has 0 unspecified atom stereocenters. The zero-order chi connectivity index (χ0) is 17.3. The average Bonchev–Trinajstić information content (AvgIpc) is 2.84. The number of nitrogens with one attached hydrogen (secondary N) is 1. The molecule has 0 spiro atoms. The lowest BCUT2D eigenvalue weighted by molar-refractivity contribution is -0.143. The molecule has 24 heavy (non-hydrogen) atoms. The summed E-state index contributed by atoms with van der Waals surface area (Å²) in [5, 5.41) is 3.02. The first kappa shape index (κ1) is 18.7. The second-order valence-electron chi connectivity index (χ2n) is 6.16. The van der Waals surface area contributed by atoms with Crippen molar-refractivity contribution in [3.8, 4) is 5.75 Å². The van der Waals surface area contributed by atoms with E-state index in [1.54, 1.807) is 7.11 Å². The van der Waals surface area contributed by atoms with Gasteiger partial charge in [0.15, 0.2) is 0 Å². The van der Waals surface area contributed by atoms with Gasteiger partial charge in [-0.05, 0) is 44.0 Å². The Hall–Kier alpha value is -1.59. The predicted octanol–water partition coefficient (Wildman–Crippen LogP) is 3.78. The van der Waals surface area contributed by atoms with Gasteiger partial charge in [-0.3, -0.25) is 4.79 Å². The molecular formula is C19H29NO4. The van der Waals surface area contributed by atoms with Crippen LogP contribution in [-0.4, -0.2) is 38.4 Å². The van der Waals surface area contributed by atoms with Crippen molar-refractivity contribution in [1.82, 2.24) is 0 Å². The molecular weight excluding hydrogens is 306 g/mol. The van der Waals surface area contributed by atoms with E-state index in [2.05, 4.69) is 5.32 Å². The Morgan fingerprint density at radius 3 is 2.33 bits per heavy atom. The summed E-state index contributed by atoms with van der Waals surface area (Å²) >= 11 is 0. The molecule has 5 nitrogen and oxygen atoms in total. The number of hydrogen-bond donors (Lipinski definition) is 1. The monoisotopic (exact) mass is 335 g/mol. The highest BCUT2D eigenvalue weighted by Gasteiger charge is 2.39. The number of benzene rings is 1. The fraction of sp³-hybridized carbons (Fsp3) is 0.632. The Morgan fingerprint density at radius 1 is 1.08 bits per heavy atom. The van der Waals surface area contributed by atoms with Crippen molar-refractivity contribution < 1.29 is 19.0 Å². The first-order valence-electron chi connectivity index (χ1n) is 8.87. The summed E-state index contributed by atoms with van der Waals surface area (Å²) in [6.07, 6.45) is 6.03. The van der Waals surface area contributed by atoms with E-state index in [4.69, 9.17) is 14.2 Å². The Morgan fingerprint density at radius 2 is 1.75 bits per heavy atom. The Bertz CT molecular complexity index is 493. The van der Waals surface area contributed by atoms with Crippen LogP contribution in [0.25, 0.3) is 0 Å². The molecule has 1 aliphatic rings. The Kier molecular flexibility index (Phi) is 7.53. The molecule has 2 rings (SSSR count). The summed E-state index contributed by atoms with van der Waals surface area (Å²) in [5.74, 6) is 0.735. The lowest BCUT2D eigenvalue weighted by Gasteiger charge is -2.31. The fourth-order valence-corrected chi connectivity index (χ4v) is 3.14. The van der Waals surface area contributed by atoms with Crippen LogP contribution in [0.5, 0.6) is 5.75 Å². The summed E-state index contributed by atoms with van der Waals surface area (Å²) in [6.45, 7) is 3.57. The third-order valence-corrected chi connectivity index (χ3v) is 4.41. The molecule has 134 valence electrons. The lowest BCUT2D eigenvalue weighted by atomic mass is 9.93. The van der Waals surface area contributed by atoms with Gasteiger partial charge in [0.2, 0.25) is 0 Å². The van der Waals surface area contributed by atoms with Crippen LogP contribution in [0.3, 0.4) is 0 Å². The molecule has 1 aromatic carbocycles. The molecule has 0 bridgehead atoms. The van der Waals surface area contributed by atoms with Gasteiger partial charge in [-0.15, -0.1) is 0 Å². The van der Waals surface area contributed by atoms with Crippen LogP contribution in [0, 0.1) is 0 Å². The van der Waals surface area contributed by atoms with E-state index in [0.717, 1.165) is 37.1 Å². The first-order valence-corrected chi connectivity index (χ1v) is 8.87. The number of hydrogen-bond acceptors (Lipinski definition) is 4. The van der Waals surface area contributed by atoms with Gasteiger partial charge >= 0.3 is 0 Å². The van der Waals surface area contributed by atoms with Crippen molar-refractivity contribution in [3.63, 3.8) is 0 Å². The van der Waals surface area contributed by atoms with Crippen molar-refractivity contribution in [2.24, 2.45) is 0 Å². The van der Waals surface area contributed by atoms with Crippen LogP contribution in [0.4, 0.5) is 5.69 Å². The van der Waals surface area contributed by atoms with E-state index >= 15 is 0 Å². The highest BCUT2D eigenvalue weighted by molar-refractivity contribution is 5.97. The van der Waals surface area contributed by atoms with Crippen LogP contribution < -0.4 is 10.1 Å². The van der Waals surface area contributed by atoms with Crippen LogP contribution in [0.15, 0.2) is 24.3 Å². The SMILES string of the molecule is CCOC1(C(=O)Nc2ccc(OCCOC)cc2)CCCCCC1. The molecule has 1 aromatic rings. The standard InChI is InChI=1S/C19H29NO4/c1-3-24-19(12-6-4-5-7-13-19)18(21)20-16-8-10-17(11-9-16)23-15-14-22-2/h8-11H,3-7,12-15H2,1-2H3,(H,20,21). The molecule has 1 amide bonds. The summed E-state index contributed by atoms with van der Waals surface area (Å²) in [5.41, 5.74) is 0.0845. The number of methoxy groups -OCH3 is 1. The van der Waals surface area contributed by atoms with Gasteiger partial charge < -0.3 is 19.5 Å². The lowest BCUT2D eigenvalue weighted by Crippen LogP contribution is -2.45. The van der Waals surface area contributed by atoms with Crippen molar-refractivity contribution in [1.29, 1.82) is 0 Å². The minimum absolute atomic E-state index is 0.0284. The Labute approximate surface area is 144 Å². The molecule has 1 N–H and O–H groups in total. The van der Waals surface area contributed by atoms with Gasteiger partial charge in [0.1, 0.15) is 18.0 Å². The average molecular weight is 335 g/mol. The predicted molar refractivity (Wildman–Crippen MR) is 94.5 cm³/mol. The zero-order valence-electron chi connectivity index (χ0n) is 14.8. The van der Waals surface area contributed by atoms with E-state index in [9.17, 15) is 4.79 Å². The van der Waals surface area contributed by atoms with Crippen LogP contribution in [0.1, 0.15) is 45.4 Å². The van der Waals surface area contributed by atoms with Gasteiger partial charge in [-0.1, -0.05) is 25.7 Å². The van der Waals surface area contributed by atoms with E-state index in [-0.39, 0.29) is 5.91 Å². The normalized spacial score (nSPS) is 17.1. The van der Waals surface area contributed by atoms with Crippen LogP contribution in [-0.2, 0) is 14.3 Å². The summed E-state index contributed by atoms with van der Waals surface area (Å²) in [7, 11) is 1.64. The minimum Gasteiger partial charge on any atom is -0.491 e. The molecule has 1 aliphatic carbocycles. The summed E-state index contributed by atoms with van der Waals surface area (Å²) in [6, 6.07) is 7.42. The molecule has 0 atom stereocenters.